The molecule has 0 aliphatic heterocycles. The van der Waals surface area contributed by atoms with Crippen LogP contribution in [0.25, 0.3) is 33.6 Å². The van der Waals surface area contributed by atoms with Crippen molar-refractivity contribution in [1.82, 2.24) is 29.6 Å². The number of benzene rings is 2. The molecule has 3 aromatic heterocycles. The number of esters is 1. The molecule has 178 valence electrons. The Morgan fingerprint density at radius 3 is 2.40 bits per heavy atom. The third-order valence-corrected chi connectivity index (χ3v) is 5.92. The maximum Gasteiger partial charge on any atom is 0.311 e. The molecule has 11 heteroatoms. The van der Waals surface area contributed by atoms with E-state index in [9.17, 15) is 4.79 Å². The van der Waals surface area contributed by atoms with E-state index in [2.05, 4.69) is 15.3 Å². The van der Waals surface area contributed by atoms with Crippen molar-refractivity contribution in [3.8, 4) is 28.3 Å². The van der Waals surface area contributed by atoms with Gasteiger partial charge in [0, 0.05) is 5.02 Å². The number of halogens is 1. The van der Waals surface area contributed by atoms with Crippen molar-refractivity contribution in [1.29, 1.82) is 0 Å². The van der Waals surface area contributed by atoms with E-state index in [0.29, 0.717) is 39.0 Å². The second-order valence-electron chi connectivity index (χ2n) is 7.73. The summed E-state index contributed by atoms with van der Waals surface area (Å²) >= 11 is 6.09. The van der Waals surface area contributed by atoms with Gasteiger partial charge in [0.05, 0.1) is 44.7 Å². The number of methoxy groups -OCH3 is 3. The van der Waals surface area contributed by atoms with Gasteiger partial charge in [-0.25, -0.2) is 4.68 Å². The van der Waals surface area contributed by atoms with Gasteiger partial charge >= 0.3 is 5.97 Å². The summed E-state index contributed by atoms with van der Waals surface area (Å²) in [4.78, 5) is 12.1. The maximum absolute atomic E-state index is 12.1. The fraction of sp³-hybridized carbons (Fsp3) is 0.208. The number of aryl methyl sites for hydroxylation is 1. The third-order valence-electron chi connectivity index (χ3n) is 5.67. The van der Waals surface area contributed by atoms with Gasteiger partial charge in [-0.1, -0.05) is 17.7 Å². The zero-order chi connectivity index (χ0) is 24.7. The van der Waals surface area contributed by atoms with Gasteiger partial charge in [0.2, 0.25) is 0 Å². The molecular formula is C24H21ClN6O4. The Morgan fingerprint density at radius 2 is 1.71 bits per heavy atom. The molecule has 3 heterocycles. The summed E-state index contributed by atoms with van der Waals surface area (Å²) in [6, 6.07) is 12.8. The Bertz CT molecular complexity index is 1580. The molecule has 0 unspecified atom stereocenters. The molecule has 0 saturated heterocycles. The van der Waals surface area contributed by atoms with Gasteiger partial charge in [0.25, 0.3) is 0 Å². The van der Waals surface area contributed by atoms with Crippen LogP contribution in [0.3, 0.4) is 0 Å². The first kappa shape index (κ1) is 22.6. The number of nitrogens with zero attached hydrogens (tertiary/aromatic N) is 6. The molecule has 10 nitrogen and oxygen atoms in total. The Labute approximate surface area is 205 Å². The van der Waals surface area contributed by atoms with E-state index in [1.165, 1.54) is 7.11 Å². The Balaban J connectivity index is 1.79. The summed E-state index contributed by atoms with van der Waals surface area (Å²) in [5, 5.41) is 18.9. The van der Waals surface area contributed by atoms with E-state index < -0.39 is 5.97 Å². The van der Waals surface area contributed by atoms with Crippen LogP contribution in [0, 0.1) is 6.92 Å². The third kappa shape index (κ3) is 3.81. The molecule has 0 aliphatic rings. The maximum atomic E-state index is 12.1. The van der Waals surface area contributed by atoms with E-state index in [1.54, 1.807) is 35.5 Å². The van der Waals surface area contributed by atoms with E-state index >= 15 is 0 Å². The van der Waals surface area contributed by atoms with Crippen molar-refractivity contribution in [3.05, 3.63) is 58.9 Å². The van der Waals surface area contributed by atoms with Crippen LogP contribution in [-0.2, 0) is 16.0 Å². The van der Waals surface area contributed by atoms with Crippen molar-refractivity contribution >= 4 is 34.4 Å². The topological polar surface area (TPSA) is 106 Å². The number of fused-ring (bicyclic) bond motifs is 3. The highest BCUT2D eigenvalue weighted by molar-refractivity contribution is 6.30. The molecule has 5 rings (SSSR count). The lowest BCUT2D eigenvalue weighted by atomic mass is 10.1. The van der Waals surface area contributed by atoms with Crippen molar-refractivity contribution in [3.63, 3.8) is 0 Å². The number of ether oxygens (including phenoxy) is 3. The normalized spacial score (nSPS) is 11.2. The van der Waals surface area contributed by atoms with Gasteiger partial charge in [0.15, 0.2) is 28.3 Å². The lowest BCUT2D eigenvalue weighted by Crippen LogP contribution is -2.06. The molecule has 0 aliphatic carbocycles. The minimum Gasteiger partial charge on any atom is -0.493 e. The monoisotopic (exact) mass is 492 g/mol. The fourth-order valence-corrected chi connectivity index (χ4v) is 4.14. The van der Waals surface area contributed by atoms with E-state index in [0.717, 1.165) is 22.5 Å². The van der Waals surface area contributed by atoms with Crippen LogP contribution in [-0.4, -0.2) is 56.9 Å². The van der Waals surface area contributed by atoms with Crippen molar-refractivity contribution < 1.29 is 19.0 Å². The molecule has 0 atom stereocenters. The van der Waals surface area contributed by atoms with Crippen LogP contribution in [0.15, 0.2) is 42.5 Å². The van der Waals surface area contributed by atoms with Gasteiger partial charge in [0.1, 0.15) is 5.69 Å². The van der Waals surface area contributed by atoms with Gasteiger partial charge in [-0.2, -0.15) is 14.7 Å². The average Bonchev–Trinajstić information content (AvgIpc) is 3.40. The second kappa shape index (κ2) is 8.88. The van der Waals surface area contributed by atoms with Crippen molar-refractivity contribution in [2.24, 2.45) is 0 Å². The molecule has 35 heavy (non-hydrogen) atoms. The number of hydrogen-bond acceptors (Lipinski definition) is 8. The predicted octanol–water partition coefficient (Wildman–Crippen LogP) is 3.82. The quantitative estimate of drug-likeness (QED) is 0.329. The van der Waals surface area contributed by atoms with Crippen LogP contribution < -0.4 is 9.47 Å². The summed E-state index contributed by atoms with van der Waals surface area (Å²) in [5.74, 6) is 0.772. The molecule has 0 amide bonds. The number of carbonyl (C=O) groups excluding carboxylic acids is 1. The predicted molar refractivity (Wildman–Crippen MR) is 129 cm³/mol. The minimum atomic E-state index is -0.433. The van der Waals surface area contributed by atoms with E-state index in [1.807, 2.05) is 37.3 Å². The standard InChI is InChI=1S/C24H21ClN6O4/c1-13-21(14-5-10-18(33-2)19(11-14)34-3)23-27-26-22-17(12-20(32)35-4)29-30(24(22)31(23)28-13)16-8-6-15(25)7-9-16/h5-11H,12H2,1-4H3. The highest BCUT2D eigenvalue weighted by Crippen LogP contribution is 2.36. The van der Waals surface area contributed by atoms with Gasteiger partial charge in [-0.3, -0.25) is 4.79 Å². The van der Waals surface area contributed by atoms with E-state index in [4.69, 9.17) is 30.9 Å². The SMILES string of the molecule is COC(=O)Cc1nn(-c2ccc(Cl)cc2)c2c1nnc1c(-c3ccc(OC)c(OC)c3)c(C)nn12. The summed E-state index contributed by atoms with van der Waals surface area (Å²) in [6.45, 7) is 1.89. The summed E-state index contributed by atoms with van der Waals surface area (Å²) in [7, 11) is 4.50. The molecule has 0 saturated carbocycles. The molecule has 5 aromatic rings. The van der Waals surface area contributed by atoms with Crippen LogP contribution >= 0.6 is 11.6 Å². The second-order valence-corrected chi connectivity index (χ2v) is 8.16. The molecule has 0 spiro atoms. The fourth-order valence-electron chi connectivity index (χ4n) is 4.01. The van der Waals surface area contributed by atoms with Crippen LogP contribution in [0.4, 0.5) is 0 Å². The first-order chi connectivity index (χ1) is 16.9. The van der Waals surface area contributed by atoms with Gasteiger partial charge < -0.3 is 14.2 Å². The first-order valence-corrected chi connectivity index (χ1v) is 11.0. The largest absolute Gasteiger partial charge is 0.493 e. The number of aromatic nitrogens is 6. The summed E-state index contributed by atoms with van der Waals surface area (Å²) < 4.78 is 19.1. The minimum absolute atomic E-state index is 0.0590. The molecule has 0 bridgehead atoms. The number of hydrogen-bond donors (Lipinski definition) is 0. The molecule has 0 N–H and O–H groups in total. The highest BCUT2D eigenvalue weighted by Gasteiger charge is 2.24. The number of carbonyl (C=O) groups is 1. The molecule has 0 radical (unpaired) electrons. The molecule has 2 aromatic carbocycles. The van der Waals surface area contributed by atoms with Crippen LogP contribution in [0.5, 0.6) is 11.5 Å². The average molecular weight is 493 g/mol. The molecule has 0 fully saturated rings. The molecular weight excluding hydrogens is 472 g/mol. The van der Waals surface area contributed by atoms with Crippen molar-refractivity contribution in [2.75, 3.05) is 21.3 Å². The Morgan fingerprint density at radius 1 is 0.971 bits per heavy atom. The van der Waals surface area contributed by atoms with Crippen molar-refractivity contribution in [2.45, 2.75) is 13.3 Å². The number of rotatable bonds is 6. The summed E-state index contributed by atoms with van der Waals surface area (Å²) in [6.07, 6.45) is -0.0590. The first-order valence-electron chi connectivity index (χ1n) is 10.6. The zero-order valence-corrected chi connectivity index (χ0v) is 20.2. The lowest BCUT2D eigenvalue weighted by Gasteiger charge is -2.09. The van der Waals surface area contributed by atoms with Gasteiger partial charge in [-0.15, -0.1) is 10.2 Å². The summed E-state index contributed by atoms with van der Waals surface area (Å²) in [5.41, 5.74) is 5.06. The van der Waals surface area contributed by atoms with Crippen LogP contribution in [0.1, 0.15) is 11.4 Å². The van der Waals surface area contributed by atoms with Gasteiger partial charge in [-0.05, 0) is 48.9 Å². The van der Waals surface area contributed by atoms with Crippen LogP contribution in [0.2, 0.25) is 5.02 Å². The Hall–Kier alpha value is -4.18. The lowest BCUT2D eigenvalue weighted by molar-refractivity contribution is -0.139. The smallest absolute Gasteiger partial charge is 0.311 e. The highest BCUT2D eigenvalue weighted by atomic mass is 35.5. The zero-order valence-electron chi connectivity index (χ0n) is 19.4. The van der Waals surface area contributed by atoms with E-state index in [-0.39, 0.29) is 6.42 Å². The Kier molecular flexibility index (Phi) is 5.73.